The minimum atomic E-state index is -0.282. The van der Waals surface area contributed by atoms with Gasteiger partial charge in [0.25, 0.3) is 0 Å². The van der Waals surface area contributed by atoms with Crippen molar-refractivity contribution in [3.63, 3.8) is 0 Å². The number of rotatable bonds is 7. The predicted molar refractivity (Wildman–Crippen MR) is 83.6 cm³/mol. The summed E-state index contributed by atoms with van der Waals surface area (Å²) >= 11 is 0. The Balaban J connectivity index is 1.96. The zero-order chi connectivity index (χ0) is 15.1. The number of nitrogens with two attached hydrogens (primary N) is 1. The molecular formula is C17H25FN2O. The summed E-state index contributed by atoms with van der Waals surface area (Å²) < 4.78 is 13.0. The van der Waals surface area contributed by atoms with E-state index in [1.807, 2.05) is 0 Å². The molecule has 1 amide bonds. The molecule has 0 radical (unpaired) electrons. The van der Waals surface area contributed by atoms with Gasteiger partial charge in [-0.2, -0.15) is 0 Å². The highest BCUT2D eigenvalue weighted by atomic mass is 19.1. The van der Waals surface area contributed by atoms with E-state index in [4.69, 9.17) is 5.73 Å². The maximum absolute atomic E-state index is 13.0. The predicted octanol–water partition coefficient (Wildman–Crippen LogP) is 3.48. The van der Waals surface area contributed by atoms with Crippen LogP contribution in [0.2, 0.25) is 0 Å². The Hall–Kier alpha value is -1.42. The largest absolute Gasteiger partial charge is 0.330 e. The molecule has 0 atom stereocenters. The highest BCUT2D eigenvalue weighted by molar-refractivity contribution is 5.93. The summed E-state index contributed by atoms with van der Waals surface area (Å²) in [4.78, 5) is 14.2. The van der Waals surface area contributed by atoms with E-state index in [0.29, 0.717) is 25.4 Å². The summed E-state index contributed by atoms with van der Waals surface area (Å²) in [6, 6.07) is 6.13. The van der Waals surface area contributed by atoms with E-state index in [9.17, 15) is 9.18 Å². The van der Waals surface area contributed by atoms with Crippen LogP contribution in [-0.2, 0) is 4.79 Å². The number of benzene rings is 1. The number of carbonyl (C=O) groups is 1. The van der Waals surface area contributed by atoms with Gasteiger partial charge in [-0.1, -0.05) is 25.7 Å². The Bertz CT molecular complexity index is 441. The number of hydrogen-bond donors (Lipinski definition) is 1. The van der Waals surface area contributed by atoms with E-state index < -0.39 is 0 Å². The lowest BCUT2D eigenvalue weighted by Gasteiger charge is -2.23. The standard InChI is InChI=1S/C17H25FN2O/c18-15-7-9-16(10-8-15)20(13-3-12-19)17(21)11-6-14-4-1-2-5-14/h7-10,14H,1-6,11-13,19H2. The third-order valence-corrected chi connectivity index (χ3v) is 4.27. The molecule has 0 aliphatic heterocycles. The molecule has 21 heavy (non-hydrogen) atoms. The van der Waals surface area contributed by atoms with Gasteiger partial charge in [0, 0.05) is 18.7 Å². The van der Waals surface area contributed by atoms with Gasteiger partial charge in [-0.3, -0.25) is 4.79 Å². The lowest BCUT2D eigenvalue weighted by atomic mass is 10.0. The first-order valence-corrected chi connectivity index (χ1v) is 7.96. The van der Waals surface area contributed by atoms with Gasteiger partial charge in [-0.15, -0.1) is 0 Å². The summed E-state index contributed by atoms with van der Waals surface area (Å²) in [6.45, 7) is 1.15. The molecule has 0 saturated heterocycles. The van der Waals surface area contributed by atoms with E-state index in [1.165, 1.54) is 37.8 Å². The Kier molecular flexibility index (Phi) is 6.18. The van der Waals surface area contributed by atoms with Crippen LogP contribution < -0.4 is 10.6 Å². The van der Waals surface area contributed by atoms with E-state index in [0.717, 1.165) is 18.5 Å². The second kappa shape index (κ2) is 8.13. The van der Waals surface area contributed by atoms with Crippen LogP contribution in [0.5, 0.6) is 0 Å². The number of halogens is 1. The molecular weight excluding hydrogens is 267 g/mol. The average Bonchev–Trinajstić information content (AvgIpc) is 3.00. The van der Waals surface area contributed by atoms with E-state index >= 15 is 0 Å². The Labute approximate surface area is 126 Å². The topological polar surface area (TPSA) is 46.3 Å². The van der Waals surface area contributed by atoms with Gasteiger partial charge in [-0.05, 0) is 49.6 Å². The first-order chi connectivity index (χ1) is 10.2. The first-order valence-electron chi connectivity index (χ1n) is 7.96. The molecule has 1 aliphatic rings. The molecule has 1 aromatic carbocycles. The van der Waals surface area contributed by atoms with Gasteiger partial charge in [0.1, 0.15) is 5.82 Å². The number of anilines is 1. The maximum Gasteiger partial charge on any atom is 0.226 e. The molecule has 4 heteroatoms. The van der Waals surface area contributed by atoms with Crippen LogP contribution in [0.15, 0.2) is 24.3 Å². The number of hydrogen-bond acceptors (Lipinski definition) is 2. The molecule has 1 fully saturated rings. The highest BCUT2D eigenvalue weighted by Gasteiger charge is 2.20. The van der Waals surface area contributed by atoms with Crippen molar-refractivity contribution in [2.24, 2.45) is 11.7 Å². The molecule has 3 nitrogen and oxygen atoms in total. The van der Waals surface area contributed by atoms with E-state index in [1.54, 1.807) is 17.0 Å². The second-order valence-corrected chi connectivity index (χ2v) is 5.85. The van der Waals surface area contributed by atoms with Crippen molar-refractivity contribution < 1.29 is 9.18 Å². The lowest BCUT2D eigenvalue weighted by molar-refractivity contribution is -0.118. The van der Waals surface area contributed by atoms with Crippen LogP contribution in [0.4, 0.5) is 10.1 Å². The van der Waals surface area contributed by atoms with Gasteiger partial charge in [-0.25, -0.2) is 4.39 Å². The summed E-state index contributed by atoms with van der Waals surface area (Å²) in [5.74, 6) is 0.552. The van der Waals surface area contributed by atoms with Crippen molar-refractivity contribution in [3.8, 4) is 0 Å². The first kappa shape index (κ1) is 16.0. The highest BCUT2D eigenvalue weighted by Crippen LogP contribution is 2.29. The van der Waals surface area contributed by atoms with Crippen molar-refractivity contribution >= 4 is 11.6 Å². The Morgan fingerprint density at radius 1 is 1.24 bits per heavy atom. The van der Waals surface area contributed by atoms with Crippen LogP contribution >= 0.6 is 0 Å². The van der Waals surface area contributed by atoms with Crippen LogP contribution in [0.1, 0.15) is 44.9 Å². The van der Waals surface area contributed by atoms with Gasteiger partial charge >= 0.3 is 0 Å². The summed E-state index contributed by atoms with van der Waals surface area (Å²) in [6.07, 6.45) is 7.42. The monoisotopic (exact) mass is 292 g/mol. The van der Waals surface area contributed by atoms with Crippen molar-refractivity contribution in [1.29, 1.82) is 0 Å². The lowest BCUT2D eigenvalue weighted by Crippen LogP contribution is -2.33. The third-order valence-electron chi connectivity index (χ3n) is 4.27. The maximum atomic E-state index is 13.0. The third kappa shape index (κ3) is 4.81. The average molecular weight is 292 g/mol. The fourth-order valence-corrected chi connectivity index (χ4v) is 3.03. The molecule has 2 rings (SSSR count). The Morgan fingerprint density at radius 2 is 1.90 bits per heavy atom. The number of nitrogens with zero attached hydrogens (tertiary/aromatic N) is 1. The van der Waals surface area contributed by atoms with Crippen LogP contribution in [-0.4, -0.2) is 19.0 Å². The summed E-state index contributed by atoms with van der Waals surface area (Å²) in [5.41, 5.74) is 6.32. The summed E-state index contributed by atoms with van der Waals surface area (Å²) in [7, 11) is 0. The van der Waals surface area contributed by atoms with Gasteiger partial charge in [0.2, 0.25) is 5.91 Å². The van der Waals surface area contributed by atoms with Crippen molar-refractivity contribution in [2.75, 3.05) is 18.0 Å². The summed E-state index contributed by atoms with van der Waals surface area (Å²) in [5, 5.41) is 0. The minimum Gasteiger partial charge on any atom is -0.330 e. The van der Waals surface area contributed by atoms with Crippen molar-refractivity contribution in [2.45, 2.75) is 44.9 Å². The van der Waals surface area contributed by atoms with Gasteiger partial charge in [0.05, 0.1) is 0 Å². The van der Waals surface area contributed by atoms with Crippen LogP contribution in [0.3, 0.4) is 0 Å². The fourth-order valence-electron chi connectivity index (χ4n) is 3.03. The molecule has 116 valence electrons. The molecule has 1 saturated carbocycles. The van der Waals surface area contributed by atoms with Crippen LogP contribution in [0.25, 0.3) is 0 Å². The number of carbonyl (C=O) groups excluding carboxylic acids is 1. The zero-order valence-electron chi connectivity index (χ0n) is 12.6. The molecule has 1 aromatic rings. The molecule has 1 aliphatic carbocycles. The van der Waals surface area contributed by atoms with E-state index in [2.05, 4.69) is 0 Å². The quantitative estimate of drug-likeness (QED) is 0.836. The molecule has 2 N–H and O–H groups in total. The normalized spacial score (nSPS) is 15.3. The molecule has 0 unspecified atom stereocenters. The smallest absolute Gasteiger partial charge is 0.226 e. The van der Waals surface area contributed by atoms with Crippen molar-refractivity contribution in [3.05, 3.63) is 30.1 Å². The SMILES string of the molecule is NCCCN(C(=O)CCC1CCCC1)c1ccc(F)cc1. The second-order valence-electron chi connectivity index (χ2n) is 5.85. The molecule has 0 heterocycles. The van der Waals surface area contributed by atoms with Gasteiger partial charge in [0.15, 0.2) is 0 Å². The van der Waals surface area contributed by atoms with E-state index in [-0.39, 0.29) is 11.7 Å². The van der Waals surface area contributed by atoms with Crippen LogP contribution in [0, 0.1) is 11.7 Å². The Morgan fingerprint density at radius 3 is 2.52 bits per heavy atom. The van der Waals surface area contributed by atoms with Gasteiger partial charge < -0.3 is 10.6 Å². The molecule has 0 aromatic heterocycles. The van der Waals surface area contributed by atoms with Crippen molar-refractivity contribution in [1.82, 2.24) is 0 Å². The zero-order valence-corrected chi connectivity index (χ0v) is 12.6. The molecule has 0 bridgehead atoms. The minimum absolute atomic E-state index is 0.127. The number of amides is 1. The molecule has 0 spiro atoms. The fraction of sp³-hybridized carbons (Fsp3) is 0.588.